The van der Waals surface area contributed by atoms with Crippen molar-refractivity contribution in [2.45, 2.75) is 6.42 Å². The van der Waals surface area contributed by atoms with Crippen LogP contribution in [0.15, 0.2) is 12.1 Å². The molecule has 4 nitrogen and oxygen atoms in total. The van der Waals surface area contributed by atoms with Crippen molar-refractivity contribution in [3.05, 3.63) is 23.3 Å². The maximum Gasteiger partial charge on any atom is 0.153 e. The summed E-state index contributed by atoms with van der Waals surface area (Å²) in [6.45, 7) is 0. The predicted molar refractivity (Wildman–Crippen MR) is 52.8 cm³/mol. The second-order valence-electron chi connectivity index (χ2n) is 2.99. The maximum absolute atomic E-state index is 5.78. The molecule has 0 unspecified atom stereocenters. The Hall–Kier alpha value is -1.68. The standard InChI is InChI=1S/C9H11N3O/c10-7-4-8(13-12)5-2-1-3-6(5)9(7)11/h1,3-4H,2,10-12H2. The third-order valence-electron chi connectivity index (χ3n) is 2.24. The molecule has 1 aromatic rings. The Morgan fingerprint density at radius 2 is 2.08 bits per heavy atom. The van der Waals surface area contributed by atoms with E-state index in [1.165, 1.54) is 0 Å². The minimum absolute atomic E-state index is 0.505. The van der Waals surface area contributed by atoms with Crippen molar-refractivity contribution in [2.75, 3.05) is 11.5 Å². The largest absolute Gasteiger partial charge is 0.411 e. The van der Waals surface area contributed by atoms with E-state index in [4.69, 9.17) is 22.2 Å². The number of allylic oxidation sites excluding steroid dienone is 1. The smallest absolute Gasteiger partial charge is 0.153 e. The molecule has 1 aliphatic carbocycles. The van der Waals surface area contributed by atoms with E-state index in [-0.39, 0.29) is 0 Å². The van der Waals surface area contributed by atoms with Gasteiger partial charge in [-0.05, 0) is 6.42 Å². The molecule has 2 rings (SSSR count). The number of anilines is 2. The fraction of sp³-hybridized carbons (Fsp3) is 0.111. The van der Waals surface area contributed by atoms with Crippen LogP contribution in [0.5, 0.6) is 5.75 Å². The highest BCUT2D eigenvalue weighted by atomic mass is 16.6. The Labute approximate surface area is 75.9 Å². The third-order valence-corrected chi connectivity index (χ3v) is 2.24. The van der Waals surface area contributed by atoms with Crippen LogP contribution < -0.4 is 22.2 Å². The summed E-state index contributed by atoms with van der Waals surface area (Å²) in [4.78, 5) is 4.72. The molecule has 0 bridgehead atoms. The van der Waals surface area contributed by atoms with Crippen molar-refractivity contribution in [1.82, 2.24) is 0 Å². The lowest BCUT2D eigenvalue weighted by molar-refractivity contribution is 0.332. The summed E-state index contributed by atoms with van der Waals surface area (Å²) in [5.74, 6) is 5.72. The SMILES string of the molecule is NOc1cc(N)c(N)c2c1CC=C2. The van der Waals surface area contributed by atoms with Crippen molar-refractivity contribution in [2.24, 2.45) is 5.90 Å². The second-order valence-corrected chi connectivity index (χ2v) is 2.99. The molecular formula is C9H11N3O. The molecule has 0 atom stereocenters. The van der Waals surface area contributed by atoms with E-state index in [1.807, 2.05) is 12.2 Å². The Morgan fingerprint density at radius 3 is 2.77 bits per heavy atom. The average molecular weight is 177 g/mol. The van der Waals surface area contributed by atoms with Crippen LogP contribution in [-0.4, -0.2) is 0 Å². The van der Waals surface area contributed by atoms with Gasteiger partial charge in [0.15, 0.2) is 5.75 Å². The van der Waals surface area contributed by atoms with Crippen molar-refractivity contribution in [3.8, 4) is 5.75 Å². The molecule has 0 spiro atoms. The molecule has 0 fully saturated rings. The van der Waals surface area contributed by atoms with E-state index >= 15 is 0 Å². The van der Waals surface area contributed by atoms with Crippen LogP contribution in [-0.2, 0) is 6.42 Å². The molecule has 1 aromatic carbocycles. The Bertz CT molecular complexity index is 385. The lowest BCUT2D eigenvalue weighted by atomic mass is 10.1. The monoisotopic (exact) mass is 177 g/mol. The van der Waals surface area contributed by atoms with E-state index in [2.05, 4.69) is 0 Å². The summed E-state index contributed by atoms with van der Waals surface area (Å²) in [6.07, 6.45) is 4.73. The fourth-order valence-electron chi connectivity index (χ4n) is 1.56. The first-order chi connectivity index (χ1) is 6.24. The van der Waals surface area contributed by atoms with Crippen molar-refractivity contribution < 1.29 is 4.84 Å². The number of nitrogen functional groups attached to an aromatic ring is 2. The van der Waals surface area contributed by atoms with Gasteiger partial charge in [-0.25, -0.2) is 0 Å². The van der Waals surface area contributed by atoms with Crippen LogP contribution in [0.2, 0.25) is 0 Å². The molecule has 13 heavy (non-hydrogen) atoms. The zero-order chi connectivity index (χ0) is 9.42. The van der Waals surface area contributed by atoms with Gasteiger partial charge in [0.2, 0.25) is 0 Å². The van der Waals surface area contributed by atoms with Crippen molar-refractivity contribution in [1.29, 1.82) is 0 Å². The summed E-state index contributed by atoms with van der Waals surface area (Å²) in [5.41, 5.74) is 14.5. The van der Waals surface area contributed by atoms with Crippen LogP contribution >= 0.6 is 0 Å². The lowest BCUT2D eigenvalue weighted by Gasteiger charge is -2.10. The Balaban J connectivity index is 2.68. The minimum atomic E-state index is 0.505. The van der Waals surface area contributed by atoms with Crippen LogP contribution in [0.3, 0.4) is 0 Å². The van der Waals surface area contributed by atoms with Crippen molar-refractivity contribution in [3.63, 3.8) is 0 Å². The topological polar surface area (TPSA) is 87.3 Å². The van der Waals surface area contributed by atoms with Crippen LogP contribution in [0.25, 0.3) is 6.08 Å². The summed E-state index contributed by atoms with van der Waals surface area (Å²) < 4.78 is 0. The van der Waals surface area contributed by atoms with Crippen LogP contribution in [0.4, 0.5) is 11.4 Å². The van der Waals surface area contributed by atoms with Gasteiger partial charge in [0.25, 0.3) is 0 Å². The molecule has 0 saturated heterocycles. The first-order valence-corrected chi connectivity index (χ1v) is 3.98. The van der Waals surface area contributed by atoms with E-state index in [1.54, 1.807) is 6.07 Å². The molecule has 0 aliphatic heterocycles. The van der Waals surface area contributed by atoms with E-state index in [0.717, 1.165) is 17.5 Å². The second kappa shape index (κ2) is 2.67. The van der Waals surface area contributed by atoms with Gasteiger partial charge in [-0.15, -0.1) is 0 Å². The molecule has 4 heteroatoms. The third kappa shape index (κ3) is 1.03. The molecule has 0 saturated carbocycles. The molecular weight excluding hydrogens is 166 g/mol. The average Bonchev–Trinajstić information content (AvgIpc) is 2.60. The summed E-state index contributed by atoms with van der Waals surface area (Å²) >= 11 is 0. The molecule has 0 amide bonds. The van der Waals surface area contributed by atoms with Gasteiger partial charge in [0, 0.05) is 17.2 Å². The number of fused-ring (bicyclic) bond motifs is 1. The van der Waals surface area contributed by atoms with Crippen LogP contribution in [0, 0.1) is 0 Å². The zero-order valence-electron chi connectivity index (χ0n) is 7.08. The first-order valence-electron chi connectivity index (χ1n) is 3.98. The molecule has 6 N–H and O–H groups in total. The number of rotatable bonds is 1. The zero-order valence-corrected chi connectivity index (χ0v) is 7.08. The molecule has 0 radical (unpaired) electrons. The van der Waals surface area contributed by atoms with Crippen molar-refractivity contribution >= 4 is 17.5 Å². The van der Waals surface area contributed by atoms with Crippen LogP contribution in [0.1, 0.15) is 11.1 Å². The first kappa shape index (κ1) is 7.94. The maximum atomic E-state index is 5.78. The fourth-order valence-corrected chi connectivity index (χ4v) is 1.56. The lowest BCUT2D eigenvalue weighted by Crippen LogP contribution is -2.07. The highest BCUT2D eigenvalue weighted by Crippen LogP contribution is 2.36. The van der Waals surface area contributed by atoms with Gasteiger partial charge in [0.05, 0.1) is 11.4 Å². The van der Waals surface area contributed by atoms with E-state index in [0.29, 0.717) is 17.1 Å². The van der Waals surface area contributed by atoms with Gasteiger partial charge < -0.3 is 16.3 Å². The highest BCUT2D eigenvalue weighted by Gasteiger charge is 2.16. The molecule has 0 aromatic heterocycles. The molecule has 1 aliphatic rings. The molecule has 0 heterocycles. The van der Waals surface area contributed by atoms with Gasteiger partial charge in [0.1, 0.15) is 0 Å². The Kier molecular flexibility index (Phi) is 1.63. The van der Waals surface area contributed by atoms with Gasteiger partial charge >= 0.3 is 0 Å². The summed E-state index contributed by atoms with van der Waals surface area (Å²) in [7, 11) is 0. The molecule has 68 valence electrons. The number of nitrogens with two attached hydrogens (primary N) is 3. The summed E-state index contributed by atoms with van der Waals surface area (Å²) in [5, 5.41) is 0. The number of benzene rings is 1. The van der Waals surface area contributed by atoms with Gasteiger partial charge in [-0.1, -0.05) is 12.2 Å². The highest BCUT2D eigenvalue weighted by molar-refractivity contribution is 5.83. The normalized spacial score (nSPS) is 13.0. The number of hydrogen-bond acceptors (Lipinski definition) is 4. The van der Waals surface area contributed by atoms with Gasteiger partial charge in [-0.2, -0.15) is 5.90 Å². The minimum Gasteiger partial charge on any atom is -0.411 e. The van der Waals surface area contributed by atoms with Gasteiger partial charge in [-0.3, -0.25) is 0 Å². The quantitative estimate of drug-likeness (QED) is 0.434. The van der Waals surface area contributed by atoms with E-state index in [9.17, 15) is 0 Å². The predicted octanol–water partition coefficient (Wildman–Crippen LogP) is 0.673. The number of hydrogen-bond donors (Lipinski definition) is 3. The Morgan fingerprint density at radius 1 is 1.31 bits per heavy atom. The summed E-state index contributed by atoms with van der Waals surface area (Å²) in [6, 6.07) is 1.65. The van der Waals surface area contributed by atoms with E-state index < -0.39 is 0 Å².